The van der Waals surface area contributed by atoms with Gasteiger partial charge in [0.15, 0.2) is 15.9 Å². The molecular formula is C5H10O6S. The van der Waals surface area contributed by atoms with E-state index in [0.717, 1.165) is 6.26 Å². The van der Waals surface area contributed by atoms with Gasteiger partial charge in [0.1, 0.15) is 5.25 Å². The predicted molar refractivity (Wildman–Crippen MR) is 39.4 cm³/mol. The van der Waals surface area contributed by atoms with Crippen molar-refractivity contribution >= 4 is 15.8 Å². The molecule has 0 aliphatic carbocycles. The molecule has 0 aromatic carbocycles. The maximum Gasteiger partial charge on any atom is 0.333 e. The van der Waals surface area contributed by atoms with Gasteiger partial charge in [-0.2, -0.15) is 0 Å². The van der Waals surface area contributed by atoms with Crippen LogP contribution >= 0.6 is 0 Å². The van der Waals surface area contributed by atoms with Crippen molar-refractivity contribution in [1.82, 2.24) is 0 Å². The van der Waals surface area contributed by atoms with Crippen molar-refractivity contribution in [2.24, 2.45) is 0 Å². The molecule has 72 valence electrons. The summed E-state index contributed by atoms with van der Waals surface area (Å²) in [5.74, 6) is -1.67. The quantitative estimate of drug-likeness (QED) is 0.474. The Morgan fingerprint density at radius 2 is 1.92 bits per heavy atom. The van der Waals surface area contributed by atoms with E-state index in [0.29, 0.717) is 0 Å². The third-order valence-corrected chi connectivity index (χ3v) is 2.84. The van der Waals surface area contributed by atoms with Crippen LogP contribution in [-0.4, -0.2) is 53.9 Å². The SMILES string of the molecule is CS(=O)(=O)C(CO)[C@@H](O)C(=O)O. The summed E-state index contributed by atoms with van der Waals surface area (Å²) in [7, 11) is -3.74. The monoisotopic (exact) mass is 198 g/mol. The molecule has 0 rings (SSSR count). The number of hydrogen-bond donors (Lipinski definition) is 3. The number of aliphatic carboxylic acids is 1. The summed E-state index contributed by atoms with van der Waals surface area (Å²) in [5.41, 5.74) is 0. The average molecular weight is 198 g/mol. The molecule has 0 aliphatic rings. The van der Waals surface area contributed by atoms with Gasteiger partial charge in [-0.3, -0.25) is 0 Å². The van der Waals surface area contributed by atoms with Gasteiger partial charge in [-0.25, -0.2) is 13.2 Å². The van der Waals surface area contributed by atoms with Crippen LogP contribution in [0.1, 0.15) is 0 Å². The minimum Gasteiger partial charge on any atom is -0.479 e. The summed E-state index contributed by atoms with van der Waals surface area (Å²) < 4.78 is 21.5. The van der Waals surface area contributed by atoms with Crippen molar-refractivity contribution in [2.45, 2.75) is 11.4 Å². The zero-order chi connectivity index (χ0) is 9.94. The van der Waals surface area contributed by atoms with Crippen LogP contribution in [0.3, 0.4) is 0 Å². The molecule has 0 radical (unpaired) electrons. The second kappa shape index (κ2) is 3.83. The number of rotatable bonds is 4. The minimum atomic E-state index is -3.74. The topological polar surface area (TPSA) is 112 Å². The Balaban J connectivity index is 4.70. The van der Waals surface area contributed by atoms with E-state index in [-0.39, 0.29) is 0 Å². The van der Waals surface area contributed by atoms with Crippen LogP contribution in [0.2, 0.25) is 0 Å². The highest BCUT2D eigenvalue weighted by Crippen LogP contribution is 2.04. The van der Waals surface area contributed by atoms with Crippen LogP contribution in [0.5, 0.6) is 0 Å². The second-order valence-corrected chi connectivity index (χ2v) is 4.60. The zero-order valence-electron chi connectivity index (χ0n) is 6.34. The van der Waals surface area contributed by atoms with Crippen LogP contribution in [-0.2, 0) is 14.6 Å². The van der Waals surface area contributed by atoms with Gasteiger partial charge in [0.25, 0.3) is 0 Å². The molecule has 3 N–H and O–H groups in total. The predicted octanol–water partition coefficient (Wildman–Crippen LogP) is -2.16. The number of aliphatic hydroxyl groups excluding tert-OH is 2. The van der Waals surface area contributed by atoms with Crippen LogP contribution in [0.15, 0.2) is 0 Å². The van der Waals surface area contributed by atoms with E-state index >= 15 is 0 Å². The lowest BCUT2D eigenvalue weighted by Crippen LogP contribution is -2.41. The number of hydrogen-bond acceptors (Lipinski definition) is 5. The van der Waals surface area contributed by atoms with Crippen molar-refractivity contribution < 1.29 is 28.5 Å². The fraction of sp³-hybridized carbons (Fsp3) is 0.800. The van der Waals surface area contributed by atoms with Gasteiger partial charge in [-0.05, 0) is 0 Å². The number of sulfone groups is 1. The van der Waals surface area contributed by atoms with E-state index in [9.17, 15) is 13.2 Å². The zero-order valence-corrected chi connectivity index (χ0v) is 7.15. The molecule has 0 bridgehead atoms. The molecule has 0 spiro atoms. The number of carbonyl (C=O) groups is 1. The molecule has 0 aliphatic heterocycles. The largest absolute Gasteiger partial charge is 0.479 e. The second-order valence-electron chi connectivity index (χ2n) is 2.33. The first-order valence-corrected chi connectivity index (χ1v) is 4.96. The molecule has 0 saturated heterocycles. The third kappa shape index (κ3) is 2.76. The van der Waals surface area contributed by atoms with Crippen molar-refractivity contribution in [2.75, 3.05) is 12.9 Å². The summed E-state index contributed by atoms with van der Waals surface area (Å²) >= 11 is 0. The van der Waals surface area contributed by atoms with Crippen molar-refractivity contribution in [3.8, 4) is 0 Å². The van der Waals surface area contributed by atoms with Crippen molar-refractivity contribution in [1.29, 1.82) is 0 Å². The van der Waals surface area contributed by atoms with Gasteiger partial charge in [0, 0.05) is 6.26 Å². The average Bonchev–Trinajstić information content (AvgIpc) is 1.85. The lowest BCUT2D eigenvalue weighted by Gasteiger charge is -2.14. The van der Waals surface area contributed by atoms with E-state index in [1.165, 1.54) is 0 Å². The van der Waals surface area contributed by atoms with Gasteiger partial charge in [0.2, 0.25) is 0 Å². The standard InChI is InChI=1S/C5H10O6S/c1-12(10,11)3(2-6)4(7)5(8)9/h3-4,6-7H,2H2,1H3,(H,8,9)/t3?,4-/m1/s1. The smallest absolute Gasteiger partial charge is 0.333 e. The Hall–Kier alpha value is -0.660. The van der Waals surface area contributed by atoms with Gasteiger partial charge in [0.05, 0.1) is 6.61 Å². The molecule has 1 unspecified atom stereocenters. The Morgan fingerprint density at radius 1 is 1.50 bits per heavy atom. The number of aliphatic hydroxyl groups is 2. The van der Waals surface area contributed by atoms with Crippen LogP contribution < -0.4 is 0 Å². The molecule has 2 atom stereocenters. The fourth-order valence-electron chi connectivity index (χ4n) is 0.628. The molecule has 12 heavy (non-hydrogen) atoms. The van der Waals surface area contributed by atoms with E-state index in [2.05, 4.69) is 0 Å². The number of carboxylic acid groups (broad SMARTS) is 1. The Labute approximate surface area is 69.4 Å². The van der Waals surface area contributed by atoms with Crippen molar-refractivity contribution in [3.63, 3.8) is 0 Å². The molecule has 7 heteroatoms. The lowest BCUT2D eigenvalue weighted by molar-refractivity contribution is -0.147. The maximum absolute atomic E-state index is 10.7. The summed E-state index contributed by atoms with van der Waals surface area (Å²) in [4.78, 5) is 10.1. The molecule has 0 amide bonds. The summed E-state index contributed by atoms with van der Waals surface area (Å²) in [5, 5.41) is 23.8. The first kappa shape index (κ1) is 11.3. The Kier molecular flexibility index (Phi) is 3.62. The highest BCUT2D eigenvalue weighted by molar-refractivity contribution is 7.91. The summed E-state index contributed by atoms with van der Waals surface area (Å²) in [6, 6.07) is 0. The van der Waals surface area contributed by atoms with Gasteiger partial charge >= 0.3 is 5.97 Å². The van der Waals surface area contributed by atoms with Crippen LogP contribution in [0.25, 0.3) is 0 Å². The molecule has 0 aromatic heterocycles. The summed E-state index contributed by atoms with van der Waals surface area (Å²) in [6.07, 6.45) is -1.33. The van der Waals surface area contributed by atoms with Crippen LogP contribution in [0, 0.1) is 0 Å². The Morgan fingerprint density at radius 3 is 2.00 bits per heavy atom. The van der Waals surface area contributed by atoms with Gasteiger partial charge in [-0.1, -0.05) is 0 Å². The summed E-state index contributed by atoms with van der Waals surface area (Å²) in [6.45, 7) is -0.910. The van der Waals surface area contributed by atoms with Gasteiger partial charge < -0.3 is 15.3 Å². The molecule has 0 fully saturated rings. The molecule has 0 heterocycles. The van der Waals surface area contributed by atoms with E-state index in [1.54, 1.807) is 0 Å². The minimum absolute atomic E-state index is 0.750. The van der Waals surface area contributed by atoms with Crippen molar-refractivity contribution in [3.05, 3.63) is 0 Å². The molecular weight excluding hydrogens is 188 g/mol. The van der Waals surface area contributed by atoms with E-state index < -0.39 is 33.8 Å². The first-order valence-electron chi connectivity index (χ1n) is 3.01. The van der Waals surface area contributed by atoms with E-state index in [1.807, 2.05) is 0 Å². The molecule has 0 saturated carbocycles. The highest BCUT2D eigenvalue weighted by Gasteiger charge is 2.33. The van der Waals surface area contributed by atoms with E-state index in [4.69, 9.17) is 15.3 Å². The molecule has 6 nitrogen and oxygen atoms in total. The fourth-order valence-corrected chi connectivity index (χ4v) is 1.48. The Bertz CT molecular complexity index is 255. The lowest BCUT2D eigenvalue weighted by atomic mass is 10.2. The van der Waals surface area contributed by atoms with Crippen LogP contribution in [0.4, 0.5) is 0 Å². The van der Waals surface area contributed by atoms with Gasteiger partial charge in [-0.15, -0.1) is 0 Å². The third-order valence-electron chi connectivity index (χ3n) is 1.34. The molecule has 0 aromatic rings. The number of carboxylic acids is 1. The normalized spacial score (nSPS) is 16.9. The maximum atomic E-state index is 10.7. The highest BCUT2D eigenvalue weighted by atomic mass is 32.2. The first-order chi connectivity index (χ1) is 5.30.